The molecule has 1 aromatic carbocycles. The topological polar surface area (TPSA) is 66.7 Å². The molecule has 0 radical (unpaired) electrons. The van der Waals surface area contributed by atoms with Gasteiger partial charge in [0, 0.05) is 5.39 Å². The molecule has 0 bridgehead atoms. The summed E-state index contributed by atoms with van der Waals surface area (Å²) in [6.45, 7) is 0. The summed E-state index contributed by atoms with van der Waals surface area (Å²) in [5.74, 6) is 1.45. The normalized spacial score (nSPS) is 13.0. The number of aromatic nitrogens is 3. The number of rotatable bonds is 3. The number of nitrogens with one attached hydrogen (secondary N) is 2. The number of para-hydroxylation sites is 1. The minimum atomic E-state index is -0.170. The minimum absolute atomic E-state index is 0.170. The van der Waals surface area contributed by atoms with Gasteiger partial charge >= 0.3 is 0 Å². The molecule has 1 atom stereocenters. The highest BCUT2D eigenvalue weighted by Crippen LogP contribution is 2.30. The Morgan fingerprint density at radius 3 is 3.00 bits per heavy atom. The van der Waals surface area contributed by atoms with Crippen LogP contribution >= 0.6 is 11.6 Å². The van der Waals surface area contributed by atoms with Crippen LogP contribution in [0.3, 0.4) is 0 Å². The molecule has 0 saturated heterocycles. The number of halogens is 1. The Hall–Kier alpha value is -1.85. The van der Waals surface area contributed by atoms with E-state index in [1.54, 1.807) is 6.07 Å². The third kappa shape index (κ3) is 1.77. The molecule has 0 aliphatic rings. The number of hydrogen-bond acceptors (Lipinski definition) is 4. The highest BCUT2D eigenvalue weighted by atomic mass is 35.5. The van der Waals surface area contributed by atoms with Crippen LogP contribution in [0.15, 0.2) is 35.0 Å². The fourth-order valence-corrected chi connectivity index (χ4v) is 2.18. The van der Waals surface area contributed by atoms with Gasteiger partial charge in [0.15, 0.2) is 5.58 Å². The minimum Gasteiger partial charge on any atom is -0.457 e. The number of nitrogens with zero attached hydrogens (tertiary/aromatic N) is 2. The summed E-state index contributed by atoms with van der Waals surface area (Å²) in [7, 11) is 1.84. The van der Waals surface area contributed by atoms with E-state index in [1.807, 2.05) is 25.2 Å². The van der Waals surface area contributed by atoms with Gasteiger partial charge in [-0.15, -0.1) is 0 Å². The fourth-order valence-electron chi connectivity index (χ4n) is 1.96. The zero-order chi connectivity index (χ0) is 12.5. The molecule has 0 aliphatic carbocycles. The first-order valence-corrected chi connectivity index (χ1v) is 5.88. The zero-order valence-electron chi connectivity index (χ0n) is 9.64. The molecule has 3 aromatic rings. The van der Waals surface area contributed by atoms with Gasteiger partial charge in [0.1, 0.15) is 24.0 Å². The Balaban J connectivity index is 2.11. The van der Waals surface area contributed by atoms with Crippen LogP contribution in [0, 0.1) is 0 Å². The van der Waals surface area contributed by atoms with E-state index in [-0.39, 0.29) is 6.04 Å². The van der Waals surface area contributed by atoms with Crippen molar-refractivity contribution < 1.29 is 4.42 Å². The largest absolute Gasteiger partial charge is 0.457 e. The highest BCUT2D eigenvalue weighted by Gasteiger charge is 2.19. The first-order valence-electron chi connectivity index (χ1n) is 5.50. The van der Waals surface area contributed by atoms with Gasteiger partial charge in [-0.25, -0.2) is 4.98 Å². The molecule has 6 heteroatoms. The summed E-state index contributed by atoms with van der Waals surface area (Å²) in [4.78, 5) is 4.13. The third-order valence-corrected chi connectivity index (χ3v) is 3.09. The molecule has 18 heavy (non-hydrogen) atoms. The van der Waals surface area contributed by atoms with Crippen molar-refractivity contribution in [3.05, 3.63) is 47.2 Å². The third-order valence-electron chi connectivity index (χ3n) is 2.80. The van der Waals surface area contributed by atoms with E-state index in [4.69, 9.17) is 16.0 Å². The summed E-state index contributed by atoms with van der Waals surface area (Å²) < 4.78 is 5.79. The Morgan fingerprint density at radius 1 is 1.44 bits per heavy atom. The molecule has 0 amide bonds. The molecule has 1 unspecified atom stereocenters. The molecule has 2 heterocycles. The van der Waals surface area contributed by atoms with Crippen LogP contribution in [0.5, 0.6) is 0 Å². The van der Waals surface area contributed by atoms with Gasteiger partial charge in [-0.2, -0.15) is 5.10 Å². The Bertz CT molecular complexity index is 662. The number of benzene rings is 1. The van der Waals surface area contributed by atoms with Crippen LogP contribution in [0.1, 0.15) is 17.6 Å². The van der Waals surface area contributed by atoms with E-state index in [1.165, 1.54) is 6.33 Å². The van der Waals surface area contributed by atoms with Crippen molar-refractivity contribution >= 4 is 22.6 Å². The lowest BCUT2D eigenvalue weighted by Crippen LogP contribution is -2.18. The second kappa shape index (κ2) is 4.44. The molecule has 0 fully saturated rings. The van der Waals surface area contributed by atoms with E-state index in [2.05, 4.69) is 20.5 Å². The van der Waals surface area contributed by atoms with Crippen molar-refractivity contribution in [3.8, 4) is 0 Å². The second-order valence-electron chi connectivity index (χ2n) is 3.90. The van der Waals surface area contributed by atoms with Crippen LogP contribution in [0.4, 0.5) is 0 Å². The predicted octanol–water partition coefficient (Wildman–Crippen LogP) is 2.51. The van der Waals surface area contributed by atoms with Crippen molar-refractivity contribution in [1.29, 1.82) is 0 Å². The van der Waals surface area contributed by atoms with Crippen LogP contribution in [0.25, 0.3) is 11.0 Å². The molecule has 0 saturated carbocycles. The van der Waals surface area contributed by atoms with Crippen LogP contribution < -0.4 is 5.32 Å². The molecule has 5 nitrogen and oxygen atoms in total. The predicted molar refractivity (Wildman–Crippen MR) is 68.5 cm³/mol. The molecular formula is C12H11ClN4O. The first-order chi connectivity index (χ1) is 8.79. The van der Waals surface area contributed by atoms with Crippen LogP contribution in [-0.4, -0.2) is 22.2 Å². The van der Waals surface area contributed by atoms with Gasteiger partial charge in [0.05, 0.1) is 5.02 Å². The standard InChI is InChI=1S/C12H11ClN4O/c1-14-10(12-15-6-16-17-12)9-5-7-3-2-4-8(13)11(7)18-9/h2-6,10,14H,1H3,(H,15,16,17). The van der Waals surface area contributed by atoms with Crippen molar-refractivity contribution in [2.75, 3.05) is 7.05 Å². The van der Waals surface area contributed by atoms with Gasteiger partial charge in [-0.1, -0.05) is 23.7 Å². The van der Waals surface area contributed by atoms with Gasteiger partial charge in [0.25, 0.3) is 0 Å². The Kier molecular flexibility index (Phi) is 2.77. The summed E-state index contributed by atoms with van der Waals surface area (Å²) in [6, 6.07) is 7.44. The summed E-state index contributed by atoms with van der Waals surface area (Å²) >= 11 is 6.09. The molecule has 3 rings (SSSR count). The number of aromatic amines is 1. The smallest absolute Gasteiger partial charge is 0.152 e. The molecule has 92 valence electrons. The molecule has 2 N–H and O–H groups in total. The van der Waals surface area contributed by atoms with E-state index < -0.39 is 0 Å². The second-order valence-corrected chi connectivity index (χ2v) is 4.31. The maximum absolute atomic E-state index is 6.09. The van der Waals surface area contributed by atoms with E-state index in [0.29, 0.717) is 16.4 Å². The number of H-pyrrole nitrogens is 1. The first kappa shape index (κ1) is 11.3. The maximum Gasteiger partial charge on any atom is 0.152 e. The number of hydrogen-bond donors (Lipinski definition) is 2. The average Bonchev–Trinajstić information content (AvgIpc) is 3.00. The van der Waals surface area contributed by atoms with Gasteiger partial charge in [-0.05, 0) is 19.2 Å². The summed E-state index contributed by atoms with van der Waals surface area (Å²) in [5.41, 5.74) is 0.689. The van der Waals surface area contributed by atoms with Crippen LogP contribution in [-0.2, 0) is 0 Å². The number of fused-ring (bicyclic) bond motifs is 1. The fraction of sp³-hybridized carbons (Fsp3) is 0.167. The van der Waals surface area contributed by atoms with Crippen molar-refractivity contribution in [3.63, 3.8) is 0 Å². The van der Waals surface area contributed by atoms with Crippen molar-refractivity contribution in [1.82, 2.24) is 20.5 Å². The molecular weight excluding hydrogens is 252 g/mol. The highest BCUT2D eigenvalue weighted by molar-refractivity contribution is 6.34. The Morgan fingerprint density at radius 2 is 2.33 bits per heavy atom. The lowest BCUT2D eigenvalue weighted by molar-refractivity contribution is 0.480. The summed E-state index contributed by atoms with van der Waals surface area (Å²) in [5, 5.41) is 11.4. The molecule has 0 spiro atoms. The monoisotopic (exact) mass is 262 g/mol. The Labute approximate surface area is 108 Å². The lowest BCUT2D eigenvalue weighted by atomic mass is 10.2. The number of furan rings is 1. The van der Waals surface area contributed by atoms with Gasteiger partial charge in [0.2, 0.25) is 0 Å². The van der Waals surface area contributed by atoms with E-state index in [0.717, 1.165) is 11.1 Å². The van der Waals surface area contributed by atoms with Crippen molar-refractivity contribution in [2.45, 2.75) is 6.04 Å². The maximum atomic E-state index is 6.09. The molecule has 0 aliphatic heterocycles. The average molecular weight is 263 g/mol. The lowest BCUT2D eigenvalue weighted by Gasteiger charge is -2.09. The van der Waals surface area contributed by atoms with E-state index in [9.17, 15) is 0 Å². The van der Waals surface area contributed by atoms with Crippen LogP contribution in [0.2, 0.25) is 5.02 Å². The van der Waals surface area contributed by atoms with Gasteiger partial charge < -0.3 is 9.73 Å². The quantitative estimate of drug-likeness (QED) is 0.761. The molecule has 2 aromatic heterocycles. The van der Waals surface area contributed by atoms with Gasteiger partial charge in [-0.3, -0.25) is 5.10 Å². The van der Waals surface area contributed by atoms with Crippen molar-refractivity contribution in [2.24, 2.45) is 0 Å². The zero-order valence-corrected chi connectivity index (χ0v) is 10.4. The SMILES string of the molecule is CNC(c1ncn[nH]1)c1cc2cccc(Cl)c2o1. The van der Waals surface area contributed by atoms with E-state index >= 15 is 0 Å². The summed E-state index contributed by atoms with van der Waals surface area (Å²) in [6.07, 6.45) is 1.47.